The Morgan fingerprint density at radius 2 is 1.71 bits per heavy atom. The zero-order valence-corrected chi connectivity index (χ0v) is 14.5. The average molecular weight is 369 g/mol. The molecular formula is C17H19BrClNO. The van der Waals surface area contributed by atoms with E-state index in [-0.39, 0.29) is 24.0 Å². The molecule has 2 nitrogen and oxygen atoms in total. The normalized spacial score (nSPS) is 19.1. The maximum Gasteiger partial charge on any atom is 0.124 e. The van der Waals surface area contributed by atoms with E-state index in [1.807, 2.05) is 18.2 Å². The van der Waals surface area contributed by atoms with Gasteiger partial charge in [0.05, 0.1) is 0 Å². The maximum absolute atomic E-state index is 6.31. The van der Waals surface area contributed by atoms with Crippen molar-refractivity contribution >= 4 is 28.3 Å². The zero-order valence-electron chi connectivity index (χ0n) is 12.1. The number of fused-ring (bicyclic) bond motifs is 1. The van der Waals surface area contributed by atoms with Crippen LogP contribution in [0.2, 0.25) is 0 Å². The van der Waals surface area contributed by atoms with Gasteiger partial charge >= 0.3 is 0 Å². The predicted octanol–water partition coefficient (Wildman–Crippen LogP) is 5.10. The molecule has 0 amide bonds. The average Bonchev–Trinajstić information content (AvgIpc) is 2.38. The monoisotopic (exact) mass is 367 g/mol. The molecule has 1 unspecified atom stereocenters. The van der Waals surface area contributed by atoms with Crippen LogP contribution in [0.4, 0.5) is 0 Å². The first-order chi connectivity index (χ1) is 9.44. The van der Waals surface area contributed by atoms with Crippen molar-refractivity contribution in [2.45, 2.75) is 31.9 Å². The second kappa shape index (κ2) is 5.99. The summed E-state index contributed by atoms with van der Waals surface area (Å²) in [6, 6.07) is 14.6. The Balaban J connectivity index is 0.00000161. The summed E-state index contributed by atoms with van der Waals surface area (Å²) in [5.74, 6) is 0.912. The van der Waals surface area contributed by atoms with E-state index >= 15 is 0 Å². The number of ether oxygens (including phenoxy) is 1. The summed E-state index contributed by atoms with van der Waals surface area (Å²) in [6.45, 7) is 4.16. The van der Waals surface area contributed by atoms with Crippen molar-refractivity contribution in [3.05, 3.63) is 52.5 Å². The van der Waals surface area contributed by atoms with Gasteiger partial charge in [0.2, 0.25) is 0 Å². The van der Waals surface area contributed by atoms with Crippen molar-refractivity contribution < 1.29 is 4.74 Å². The smallest absolute Gasteiger partial charge is 0.124 e. The number of rotatable bonds is 1. The Morgan fingerprint density at radius 1 is 1.10 bits per heavy atom. The Bertz CT molecular complexity index is 640. The molecule has 0 spiro atoms. The largest absolute Gasteiger partial charge is 0.487 e. The molecule has 4 heteroatoms. The molecule has 1 atom stereocenters. The lowest BCUT2D eigenvalue weighted by molar-refractivity contribution is 0.0729. The molecule has 0 saturated heterocycles. The highest BCUT2D eigenvalue weighted by Gasteiger charge is 2.31. The molecule has 1 aliphatic rings. The summed E-state index contributed by atoms with van der Waals surface area (Å²) in [5.41, 5.74) is 9.58. The first-order valence-corrected chi connectivity index (χ1v) is 7.58. The Morgan fingerprint density at radius 3 is 2.38 bits per heavy atom. The number of halogens is 2. The first kappa shape index (κ1) is 16.3. The van der Waals surface area contributed by atoms with E-state index in [1.54, 1.807) is 0 Å². The molecule has 1 aliphatic heterocycles. The van der Waals surface area contributed by atoms with E-state index in [4.69, 9.17) is 10.5 Å². The molecule has 0 radical (unpaired) electrons. The van der Waals surface area contributed by atoms with E-state index < -0.39 is 0 Å². The summed E-state index contributed by atoms with van der Waals surface area (Å²) < 4.78 is 7.10. The van der Waals surface area contributed by atoms with E-state index in [2.05, 4.69) is 54.0 Å². The minimum absolute atomic E-state index is 0. The van der Waals surface area contributed by atoms with Gasteiger partial charge in [-0.15, -0.1) is 12.4 Å². The molecule has 0 aliphatic carbocycles. The molecule has 0 fully saturated rings. The van der Waals surface area contributed by atoms with Gasteiger partial charge < -0.3 is 10.5 Å². The van der Waals surface area contributed by atoms with Crippen LogP contribution in [-0.2, 0) is 0 Å². The molecule has 112 valence electrons. The van der Waals surface area contributed by atoms with Crippen LogP contribution in [0.3, 0.4) is 0 Å². The third-order valence-electron chi connectivity index (χ3n) is 3.68. The Hall–Kier alpha value is -1.03. The van der Waals surface area contributed by atoms with E-state index in [1.165, 1.54) is 11.1 Å². The second-order valence-corrected chi connectivity index (χ2v) is 6.85. The first-order valence-electron chi connectivity index (χ1n) is 6.79. The highest BCUT2D eigenvalue weighted by Crippen LogP contribution is 2.40. The number of hydrogen-bond donors (Lipinski definition) is 1. The Kier molecular flexibility index (Phi) is 4.66. The van der Waals surface area contributed by atoms with Crippen LogP contribution in [0, 0.1) is 0 Å². The molecule has 2 aromatic carbocycles. The van der Waals surface area contributed by atoms with Crippen molar-refractivity contribution in [2.75, 3.05) is 0 Å². The lowest BCUT2D eigenvalue weighted by atomic mass is 9.88. The fourth-order valence-electron chi connectivity index (χ4n) is 2.73. The standard InChI is InChI=1S/C17H18BrNO.ClH/c1-17(2)10-15(19)14-9-12(5-8-16(14)20-17)11-3-6-13(18)7-4-11;/h3-9,15H,10,19H2,1-2H3;1H. The van der Waals surface area contributed by atoms with Gasteiger partial charge in [-0.25, -0.2) is 0 Å². The highest BCUT2D eigenvalue weighted by atomic mass is 79.9. The van der Waals surface area contributed by atoms with Gasteiger partial charge in [0, 0.05) is 22.5 Å². The summed E-state index contributed by atoms with van der Waals surface area (Å²) in [7, 11) is 0. The van der Waals surface area contributed by atoms with Crippen molar-refractivity contribution in [3.63, 3.8) is 0 Å². The van der Waals surface area contributed by atoms with Crippen LogP contribution in [0.15, 0.2) is 46.9 Å². The summed E-state index contributed by atoms with van der Waals surface area (Å²) in [6.07, 6.45) is 0.837. The van der Waals surface area contributed by atoms with Crippen molar-refractivity contribution in [1.82, 2.24) is 0 Å². The van der Waals surface area contributed by atoms with Gasteiger partial charge in [0.1, 0.15) is 11.4 Å². The molecule has 21 heavy (non-hydrogen) atoms. The van der Waals surface area contributed by atoms with E-state index in [9.17, 15) is 0 Å². The lowest BCUT2D eigenvalue weighted by Crippen LogP contribution is -2.37. The molecular weight excluding hydrogens is 350 g/mol. The van der Waals surface area contributed by atoms with Gasteiger partial charge in [0.15, 0.2) is 0 Å². The topological polar surface area (TPSA) is 35.2 Å². The van der Waals surface area contributed by atoms with Crippen molar-refractivity contribution in [1.29, 1.82) is 0 Å². The van der Waals surface area contributed by atoms with Gasteiger partial charge in [-0.1, -0.05) is 34.1 Å². The molecule has 2 aromatic rings. The maximum atomic E-state index is 6.31. The number of hydrogen-bond acceptors (Lipinski definition) is 2. The van der Waals surface area contributed by atoms with Crippen LogP contribution >= 0.6 is 28.3 Å². The summed E-state index contributed by atoms with van der Waals surface area (Å²) in [4.78, 5) is 0. The fourth-order valence-corrected chi connectivity index (χ4v) is 3.00. The fraction of sp³-hybridized carbons (Fsp3) is 0.294. The summed E-state index contributed by atoms with van der Waals surface area (Å²) >= 11 is 3.46. The van der Waals surface area contributed by atoms with E-state index in [0.29, 0.717) is 0 Å². The second-order valence-electron chi connectivity index (χ2n) is 5.93. The lowest BCUT2D eigenvalue weighted by Gasteiger charge is -2.36. The van der Waals surface area contributed by atoms with Crippen LogP contribution in [0.5, 0.6) is 5.75 Å². The molecule has 1 heterocycles. The molecule has 3 rings (SSSR count). The van der Waals surface area contributed by atoms with Crippen LogP contribution in [0.1, 0.15) is 31.9 Å². The van der Waals surface area contributed by atoms with Crippen LogP contribution in [-0.4, -0.2) is 5.60 Å². The van der Waals surface area contributed by atoms with Gasteiger partial charge in [-0.2, -0.15) is 0 Å². The van der Waals surface area contributed by atoms with Gasteiger partial charge in [0.25, 0.3) is 0 Å². The molecule has 0 aromatic heterocycles. The minimum atomic E-state index is -0.189. The van der Waals surface area contributed by atoms with Crippen LogP contribution in [0.25, 0.3) is 11.1 Å². The predicted molar refractivity (Wildman–Crippen MR) is 93.1 cm³/mol. The highest BCUT2D eigenvalue weighted by molar-refractivity contribution is 9.10. The summed E-state index contributed by atoms with van der Waals surface area (Å²) in [5, 5.41) is 0. The van der Waals surface area contributed by atoms with Crippen molar-refractivity contribution in [2.24, 2.45) is 5.73 Å². The molecule has 0 bridgehead atoms. The number of benzene rings is 2. The molecule has 0 saturated carbocycles. The SMILES string of the molecule is CC1(C)CC(N)c2cc(-c3ccc(Br)cc3)ccc2O1.Cl. The zero-order chi connectivity index (χ0) is 14.3. The van der Waals surface area contributed by atoms with Crippen LogP contribution < -0.4 is 10.5 Å². The van der Waals surface area contributed by atoms with Crippen molar-refractivity contribution in [3.8, 4) is 16.9 Å². The minimum Gasteiger partial charge on any atom is -0.487 e. The van der Waals surface area contributed by atoms with Gasteiger partial charge in [-0.3, -0.25) is 0 Å². The third kappa shape index (κ3) is 3.42. The van der Waals surface area contributed by atoms with E-state index in [0.717, 1.165) is 22.2 Å². The molecule has 2 N–H and O–H groups in total. The number of nitrogens with two attached hydrogens (primary N) is 1. The van der Waals surface area contributed by atoms with Gasteiger partial charge in [-0.05, 0) is 49.2 Å². The third-order valence-corrected chi connectivity index (χ3v) is 4.21. The Labute approximate surface area is 140 Å². The quantitative estimate of drug-likeness (QED) is 0.760.